The van der Waals surface area contributed by atoms with Gasteiger partial charge in [0.15, 0.2) is 6.61 Å². The molecule has 3 aromatic rings. The van der Waals surface area contributed by atoms with E-state index >= 15 is 0 Å². The fourth-order valence-electron chi connectivity index (χ4n) is 3.03. The summed E-state index contributed by atoms with van der Waals surface area (Å²) in [4.78, 5) is 23.9. The molecule has 0 saturated heterocycles. The summed E-state index contributed by atoms with van der Waals surface area (Å²) >= 11 is 0. The number of fused-ring (bicyclic) bond motifs is 1. The Balaban J connectivity index is 1.71. The van der Waals surface area contributed by atoms with E-state index < -0.39 is 0 Å². The third-order valence-corrected chi connectivity index (χ3v) is 4.37. The molecule has 150 valence electrons. The molecule has 0 aliphatic rings. The summed E-state index contributed by atoms with van der Waals surface area (Å²) in [5, 5.41) is 5.00. The number of hydrazone groups is 1. The summed E-state index contributed by atoms with van der Waals surface area (Å²) in [5.74, 6) is -0.0475. The van der Waals surface area contributed by atoms with Crippen molar-refractivity contribution in [1.82, 2.24) is 9.99 Å². The van der Waals surface area contributed by atoms with Crippen molar-refractivity contribution in [3.63, 3.8) is 0 Å². The maximum atomic E-state index is 12.0. The second-order valence-electron chi connectivity index (χ2n) is 6.30. The van der Waals surface area contributed by atoms with Gasteiger partial charge in [0, 0.05) is 22.2 Å². The summed E-state index contributed by atoms with van der Waals surface area (Å²) in [7, 11) is 0. The lowest BCUT2D eigenvalue weighted by Crippen LogP contribution is -2.24. The van der Waals surface area contributed by atoms with Gasteiger partial charge in [-0.1, -0.05) is 36.4 Å². The van der Waals surface area contributed by atoms with Crippen molar-refractivity contribution in [1.29, 1.82) is 0 Å². The van der Waals surface area contributed by atoms with Crippen molar-refractivity contribution in [2.45, 2.75) is 20.4 Å². The van der Waals surface area contributed by atoms with Crippen LogP contribution in [0.3, 0.4) is 0 Å². The lowest BCUT2D eigenvalue weighted by molar-refractivity contribution is -0.143. The molecule has 3 rings (SSSR count). The molecule has 0 aliphatic heterocycles. The predicted octanol–water partition coefficient (Wildman–Crippen LogP) is 3.04. The van der Waals surface area contributed by atoms with Gasteiger partial charge < -0.3 is 14.0 Å². The SMILES string of the molecule is CCOC(=O)Cn1c(C)c(/C=N\NC(=O)COc2ccccc2)c2ccccc21. The van der Waals surface area contributed by atoms with Gasteiger partial charge in [-0.05, 0) is 32.0 Å². The van der Waals surface area contributed by atoms with Crippen molar-refractivity contribution >= 4 is 29.0 Å². The van der Waals surface area contributed by atoms with E-state index in [4.69, 9.17) is 9.47 Å². The number of nitrogens with zero attached hydrogens (tertiary/aromatic N) is 2. The number of rotatable bonds is 8. The third-order valence-electron chi connectivity index (χ3n) is 4.37. The van der Waals surface area contributed by atoms with Gasteiger partial charge in [0.05, 0.1) is 12.8 Å². The fourth-order valence-corrected chi connectivity index (χ4v) is 3.03. The number of nitrogens with one attached hydrogen (secondary N) is 1. The first kappa shape index (κ1) is 20.1. The monoisotopic (exact) mass is 393 g/mol. The molecule has 29 heavy (non-hydrogen) atoms. The van der Waals surface area contributed by atoms with Gasteiger partial charge in [0.2, 0.25) is 0 Å². The van der Waals surface area contributed by atoms with Crippen molar-refractivity contribution < 1.29 is 19.1 Å². The van der Waals surface area contributed by atoms with E-state index in [0.717, 1.165) is 22.2 Å². The van der Waals surface area contributed by atoms with E-state index in [1.165, 1.54) is 0 Å². The number of benzene rings is 2. The number of para-hydroxylation sites is 2. The van der Waals surface area contributed by atoms with E-state index in [9.17, 15) is 9.59 Å². The normalized spacial score (nSPS) is 11.0. The Morgan fingerprint density at radius 3 is 2.59 bits per heavy atom. The standard InChI is InChI=1S/C22H23N3O4/c1-3-28-22(27)14-25-16(2)19(18-11-7-8-12-20(18)25)13-23-24-21(26)15-29-17-9-5-4-6-10-17/h4-13H,3,14-15H2,1-2H3,(H,24,26)/b23-13-. The van der Waals surface area contributed by atoms with Gasteiger partial charge >= 0.3 is 5.97 Å². The number of ether oxygens (including phenoxy) is 2. The van der Waals surface area contributed by atoms with Crippen LogP contribution < -0.4 is 10.2 Å². The van der Waals surface area contributed by atoms with Crippen LogP contribution in [0.4, 0.5) is 0 Å². The highest BCUT2D eigenvalue weighted by atomic mass is 16.5. The lowest BCUT2D eigenvalue weighted by atomic mass is 10.1. The average molecular weight is 393 g/mol. The summed E-state index contributed by atoms with van der Waals surface area (Å²) in [6.07, 6.45) is 1.58. The molecule has 0 aliphatic carbocycles. The predicted molar refractivity (Wildman–Crippen MR) is 111 cm³/mol. The van der Waals surface area contributed by atoms with Crippen molar-refractivity contribution in [2.75, 3.05) is 13.2 Å². The Morgan fingerprint density at radius 2 is 1.83 bits per heavy atom. The molecular formula is C22H23N3O4. The van der Waals surface area contributed by atoms with Gasteiger partial charge in [0.1, 0.15) is 12.3 Å². The molecule has 0 bridgehead atoms. The number of hydrogen-bond donors (Lipinski definition) is 1. The van der Waals surface area contributed by atoms with Gasteiger partial charge in [-0.2, -0.15) is 5.10 Å². The molecule has 0 radical (unpaired) electrons. The first-order valence-electron chi connectivity index (χ1n) is 9.33. The second-order valence-corrected chi connectivity index (χ2v) is 6.30. The van der Waals surface area contributed by atoms with Gasteiger partial charge in [-0.3, -0.25) is 9.59 Å². The van der Waals surface area contributed by atoms with Crippen LogP contribution >= 0.6 is 0 Å². The highest BCUT2D eigenvalue weighted by Gasteiger charge is 2.15. The van der Waals surface area contributed by atoms with Gasteiger partial charge in [-0.15, -0.1) is 0 Å². The molecule has 1 N–H and O–H groups in total. The summed E-state index contributed by atoms with van der Waals surface area (Å²) in [6, 6.07) is 16.8. The molecule has 0 unspecified atom stereocenters. The molecule has 0 atom stereocenters. The molecule has 0 spiro atoms. The molecule has 1 heterocycles. The van der Waals surface area contributed by atoms with Crippen LogP contribution in [0.2, 0.25) is 0 Å². The zero-order valence-corrected chi connectivity index (χ0v) is 16.4. The quantitative estimate of drug-likeness (QED) is 0.362. The van der Waals surface area contributed by atoms with Crippen LogP contribution in [0.1, 0.15) is 18.2 Å². The Morgan fingerprint density at radius 1 is 1.10 bits per heavy atom. The minimum Gasteiger partial charge on any atom is -0.484 e. The van der Waals surface area contributed by atoms with Gasteiger partial charge in [-0.25, -0.2) is 5.43 Å². The minimum atomic E-state index is -0.363. The lowest BCUT2D eigenvalue weighted by Gasteiger charge is -2.07. The first-order chi connectivity index (χ1) is 14.1. The number of aromatic nitrogens is 1. The Bertz CT molecular complexity index is 1030. The van der Waals surface area contributed by atoms with E-state index in [-0.39, 0.29) is 25.0 Å². The van der Waals surface area contributed by atoms with Crippen LogP contribution in [-0.2, 0) is 20.9 Å². The van der Waals surface area contributed by atoms with Crippen molar-refractivity contribution in [3.05, 3.63) is 65.9 Å². The number of amides is 1. The fraction of sp³-hybridized carbons (Fsp3) is 0.227. The summed E-state index contributed by atoms with van der Waals surface area (Å²) in [5.41, 5.74) is 5.06. The molecule has 2 aromatic carbocycles. The number of carbonyl (C=O) groups is 2. The minimum absolute atomic E-state index is 0.116. The van der Waals surface area contributed by atoms with Crippen LogP contribution in [0, 0.1) is 6.92 Å². The van der Waals surface area contributed by atoms with Crippen LogP contribution in [0.15, 0.2) is 59.7 Å². The Kier molecular flexibility index (Phi) is 6.63. The van der Waals surface area contributed by atoms with E-state index in [0.29, 0.717) is 12.4 Å². The van der Waals surface area contributed by atoms with E-state index in [1.54, 1.807) is 25.3 Å². The molecule has 7 nitrogen and oxygen atoms in total. The smallest absolute Gasteiger partial charge is 0.325 e. The molecule has 1 amide bonds. The largest absolute Gasteiger partial charge is 0.484 e. The Hall–Kier alpha value is -3.61. The maximum absolute atomic E-state index is 12.0. The molecule has 0 fully saturated rings. The van der Waals surface area contributed by atoms with Crippen LogP contribution in [-0.4, -0.2) is 35.9 Å². The molecule has 7 heteroatoms. The van der Waals surface area contributed by atoms with E-state index in [1.807, 2.05) is 54.0 Å². The average Bonchev–Trinajstić information content (AvgIpc) is 2.99. The number of carbonyl (C=O) groups excluding carboxylic acids is 2. The second kappa shape index (κ2) is 9.54. The highest BCUT2D eigenvalue weighted by Crippen LogP contribution is 2.24. The maximum Gasteiger partial charge on any atom is 0.325 e. The summed E-state index contributed by atoms with van der Waals surface area (Å²) < 4.78 is 12.3. The molecule has 0 saturated carbocycles. The molecular weight excluding hydrogens is 370 g/mol. The zero-order valence-electron chi connectivity index (χ0n) is 16.4. The van der Waals surface area contributed by atoms with Crippen LogP contribution in [0.5, 0.6) is 5.75 Å². The number of hydrogen-bond acceptors (Lipinski definition) is 5. The zero-order chi connectivity index (χ0) is 20.6. The van der Waals surface area contributed by atoms with Gasteiger partial charge in [0.25, 0.3) is 5.91 Å². The number of esters is 1. The first-order valence-corrected chi connectivity index (χ1v) is 9.33. The molecule has 1 aromatic heterocycles. The highest BCUT2D eigenvalue weighted by molar-refractivity contribution is 6.01. The van der Waals surface area contributed by atoms with Crippen molar-refractivity contribution in [3.8, 4) is 5.75 Å². The van der Waals surface area contributed by atoms with E-state index in [2.05, 4.69) is 10.5 Å². The summed E-state index contributed by atoms with van der Waals surface area (Å²) in [6.45, 7) is 4.00. The Labute approximate surface area is 168 Å². The van der Waals surface area contributed by atoms with Crippen molar-refractivity contribution in [2.24, 2.45) is 5.10 Å². The topological polar surface area (TPSA) is 81.9 Å². The van der Waals surface area contributed by atoms with Crippen LogP contribution in [0.25, 0.3) is 10.9 Å². The third kappa shape index (κ3) is 5.01.